The summed E-state index contributed by atoms with van der Waals surface area (Å²) in [6.07, 6.45) is 0. The van der Waals surface area contributed by atoms with Crippen molar-refractivity contribution in [3.05, 3.63) is 88.9 Å². The summed E-state index contributed by atoms with van der Waals surface area (Å²) in [5.74, 6) is 0.518. The van der Waals surface area contributed by atoms with Crippen molar-refractivity contribution in [2.75, 3.05) is 0 Å². The minimum atomic E-state index is -3.76. The van der Waals surface area contributed by atoms with E-state index in [1.54, 1.807) is 61.5 Å². The third-order valence-electron chi connectivity index (χ3n) is 4.34. The molecule has 5 heteroatoms. The van der Waals surface area contributed by atoms with Crippen molar-refractivity contribution in [1.82, 2.24) is 0 Å². The van der Waals surface area contributed by atoms with Gasteiger partial charge in [-0.1, -0.05) is 48.0 Å². The van der Waals surface area contributed by atoms with Gasteiger partial charge in [0, 0.05) is 0 Å². The molecular weight excluding hydrogens is 348 g/mol. The number of hydrogen-bond donors (Lipinski definition) is 0. The minimum Gasteiger partial charge on any atom is -0.464 e. The van der Waals surface area contributed by atoms with Crippen LogP contribution in [0.5, 0.6) is 0 Å². The monoisotopic (exact) mass is 368 g/mol. The fraction of sp³-hybridized carbons (Fsp3) is 0.190. The number of aryl methyl sites for hydroxylation is 2. The molecule has 0 bridgehead atoms. The van der Waals surface area contributed by atoms with Crippen LogP contribution in [-0.4, -0.2) is 14.2 Å². The van der Waals surface area contributed by atoms with E-state index < -0.39 is 15.1 Å². The van der Waals surface area contributed by atoms with Crippen LogP contribution in [0.1, 0.15) is 45.2 Å². The van der Waals surface area contributed by atoms with Gasteiger partial charge in [0.1, 0.15) is 16.8 Å². The molecule has 0 fully saturated rings. The normalized spacial score (nSPS) is 12.7. The number of ketones is 1. The predicted molar refractivity (Wildman–Crippen MR) is 100 cm³/mol. The zero-order valence-electron chi connectivity index (χ0n) is 14.9. The molecule has 1 heterocycles. The zero-order valence-corrected chi connectivity index (χ0v) is 15.7. The highest BCUT2D eigenvalue weighted by molar-refractivity contribution is 7.91. The molecule has 134 valence electrons. The smallest absolute Gasteiger partial charge is 0.192 e. The van der Waals surface area contributed by atoms with E-state index in [-0.39, 0.29) is 16.4 Å². The summed E-state index contributed by atoms with van der Waals surface area (Å²) in [5, 5.41) is -1.02. The third kappa shape index (κ3) is 3.35. The van der Waals surface area contributed by atoms with Gasteiger partial charge in [0.15, 0.2) is 15.6 Å². The van der Waals surface area contributed by atoms with E-state index >= 15 is 0 Å². The first-order valence-electron chi connectivity index (χ1n) is 8.27. The highest BCUT2D eigenvalue weighted by Crippen LogP contribution is 2.37. The van der Waals surface area contributed by atoms with Crippen LogP contribution in [0.4, 0.5) is 0 Å². The lowest BCUT2D eigenvalue weighted by molar-refractivity contribution is 0.101. The van der Waals surface area contributed by atoms with Gasteiger partial charge in [-0.05, 0) is 44.5 Å². The number of benzene rings is 2. The Hall–Kier alpha value is -2.66. The number of carbonyl (C=O) groups is 1. The molecule has 0 saturated heterocycles. The summed E-state index contributed by atoms with van der Waals surface area (Å²) in [5.41, 5.74) is 1.98. The average molecular weight is 368 g/mol. The fourth-order valence-electron chi connectivity index (χ4n) is 2.97. The van der Waals surface area contributed by atoms with E-state index in [0.717, 1.165) is 5.56 Å². The molecule has 2 aromatic carbocycles. The number of furan rings is 1. The maximum atomic E-state index is 13.4. The summed E-state index contributed by atoms with van der Waals surface area (Å²) in [7, 11) is -3.76. The fourth-order valence-corrected chi connectivity index (χ4v) is 4.70. The van der Waals surface area contributed by atoms with Crippen molar-refractivity contribution < 1.29 is 17.6 Å². The SMILES string of the molecule is CC(=O)c1cc(C(c2ccccc2)S(=O)(=O)c2ccc(C)cc2)oc1C. The molecule has 0 amide bonds. The van der Waals surface area contributed by atoms with Crippen LogP contribution in [-0.2, 0) is 9.84 Å². The molecule has 3 rings (SSSR count). The van der Waals surface area contributed by atoms with E-state index in [9.17, 15) is 13.2 Å². The molecule has 0 aliphatic rings. The van der Waals surface area contributed by atoms with Gasteiger partial charge in [-0.25, -0.2) is 8.42 Å². The van der Waals surface area contributed by atoms with Crippen LogP contribution >= 0.6 is 0 Å². The summed E-state index contributed by atoms with van der Waals surface area (Å²) < 4.78 is 32.5. The molecule has 1 atom stereocenters. The average Bonchev–Trinajstić information content (AvgIpc) is 2.97. The van der Waals surface area contributed by atoms with Crippen LogP contribution in [0, 0.1) is 13.8 Å². The topological polar surface area (TPSA) is 64.3 Å². The molecule has 0 radical (unpaired) electrons. The number of sulfone groups is 1. The maximum absolute atomic E-state index is 13.4. The lowest BCUT2D eigenvalue weighted by atomic mass is 10.1. The molecule has 1 aromatic heterocycles. The first kappa shape index (κ1) is 18.1. The molecule has 0 aliphatic carbocycles. The number of rotatable bonds is 5. The van der Waals surface area contributed by atoms with Gasteiger partial charge in [0.2, 0.25) is 0 Å². The molecule has 0 spiro atoms. The van der Waals surface area contributed by atoms with E-state index in [2.05, 4.69) is 0 Å². The standard InChI is InChI=1S/C21H20O4S/c1-14-9-11-18(12-10-14)26(23,24)21(17-7-5-4-6-8-17)20-13-19(15(2)22)16(3)25-20/h4-13,21H,1-3H3. The molecule has 26 heavy (non-hydrogen) atoms. The number of hydrogen-bond acceptors (Lipinski definition) is 4. The Morgan fingerprint density at radius 3 is 2.12 bits per heavy atom. The lowest BCUT2D eigenvalue weighted by Gasteiger charge is -2.16. The van der Waals surface area contributed by atoms with Gasteiger partial charge in [0.25, 0.3) is 0 Å². The van der Waals surface area contributed by atoms with Crippen molar-refractivity contribution in [2.24, 2.45) is 0 Å². The van der Waals surface area contributed by atoms with Crippen molar-refractivity contribution in [2.45, 2.75) is 30.9 Å². The third-order valence-corrected chi connectivity index (χ3v) is 6.39. The highest BCUT2D eigenvalue weighted by atomic mass is 32.2. The van der Waals surface area contributed by atoms with E-state index in [1.807, 2.05) is 13.0 Å². The second-order valence-corrected chi connectivity index (χ2v) is 8.36. The Kier molecular flexibility index (Phi) is 4.83. The summed E-state index contributed by atoms with van der Waals surface area (Å²) in [4.78, 5) is 12.0. The zero-order chi connectivity index (χ0) is 18.9. The summed E-state index contributed by atoms with van der Waals surface area (Å²) in [6.45, 7) is 5.01. The molecule has 0 aliphatic heterocycles. The quantitative estimate of drug-likeness (QED) is 0.614. The Morgan fingerprint density at radius 1 is 0.962 bits per heavy atom. The van der Waals surface area contributed by atoms with Gasteiger partial charge >= 0.3 is 0 Å². The van der Waals surface area contributed by atoms with Crippen LogP contribution < -0.4 is 0 Å². The second-order valence-electron chi connectivity index (χ2n) is 6.32. The summed E-state index contributed by atoms with van der Waals surface area (Å²) >= 11 is 0. The van der Waals surface area contributed by atoms with Gasteiger partial charge in [-0.3, -0.25) is 4.79 Å². The van der Waals surface area contributed by atoms with Crippen LogP contribution in [0.15, 0.2) is 70.0 Å². The number of Topliss-reactive ketones (excluding diaryl/α,β-unsaturated/α-hetero) is 1. The maximum Gasteiger partial charge on any atom is 0.192 e. The Morgan fingerprint density at radius 2 is 1.58 bits per heavy atom. The van der Waals surface area contributed by atoms with Crippen molar-refractivity contribution in [3.63, 3.8) is 0 Å². The predicted octanol–water partition coefficient (Wildman–Crippen LogP) is 4.66. The first-order valence-corrected chi connectivity index (χ1v) is 9.82. The van der Waals surface area contributed by atoms with Crippen LogP contribution in [0.2, 0.25) is 0 Å². The van der Waals surface area contributed by atoms with Gasteiger partial charge in [-0.2, -0.15) is 0 Å². The summed E-state index contributed by atoms with van der Waals surface area (Å²) in [6, 6.07) is 17.2. The van der Waals surface area contributed by atoms with Gasteiger partial charge in [-0.15, -0.1) is 0 Å². The Labute approximate surface area is 153 Å². The largest absolute Gasteiger partial charge is 0.464 e. The van der Waals surface area contributed by atoms with Crippen LogP contribution in [0.25, 0.3) is 0 Å². The minimum absolute atomic E-state index is 0.156. The first-order chi connectivity index (χ1) is 12.3. The molecule has 4 nitrogen and oxygen atoms in total. The van der Waals surface area contributed by atoms with Crippen molar-refractivity contribution in [1.29, 1.82) is 0 Å². The van der Waals surface area contributed by atoms with Crippen molar-refractivity contribution in [3.8, 4) is 0 Å². The van der Waals surface area contributed by atoms with Crippen LogP contribution in [0.3, 0.4) is 0 Å². The van der Waals surface area contributed by atoms with E-state index in [1.165, 1.54) is 6.92 Å². The second kappa shape index (κ2) is 6.92. The number of carbonyl (C=O) groups excluding carboxylic acids is 1. The van der Waals surface area contributed by atoms with Gasteiger partial charge in [0.05, 0.1) is 10.5 Å². The van der Waals surface area contributed by atoms with E-state index in [0.29, 0.717) is 16.9 Å². The van der Waals surface area contributed by atoms with Crippen molar-refractivity contribution >= 4 is 15.6 Å². The molecular formula is C21H20O4S. The van der Waals surface area contributed by atoms with E-state index in [4.69, 9.17) is 4.42 Å². The highest BCUT2D eigenvalue weighted by Gasteiger charge is 2.34. The molecule has 1 unspecified atom stereocenters. The molecule has 0 saturated carbocycles. The molecule has 0 N–H and O–H groups in total. The Bertz CT molecular complexity index is 1030. The Balaban J connectivity index is 2.21. The van der Waals surface area contributed by atoms with Gasteiger partial charge < -0.3 is 4.42 Å². The molecule has 3 aromatic rings. The lowest BCUT2D eigenvalue weighted by Crippen LogP contribution is -2.15.